The van der Waals surface area contributed by atoms with Crippen molar-refractivity contribution in [3.05, 3.63) is 65.0 Å². The van der Waals surface area contributed by atoms with Gasteiger partial charge in [-0.25, -0.2) is 9.18 Å². The van der Waals surface area contributed by atoms with Crippen LogP contribution in [0.2, 0.25) is 0 Å². The van der Waals surface area contributed by atoms with E-state index in [0.717, 1.165) is 11.1 Å². The third kappa shape index (κ3) is 3.35. The molecule has 0 amide bonds. The third-order valence-corrected chi connectivity index (χ3v) is 2.86. The van der Waals surface area contributed by atoms with Crippen molar-refractivity contribution >= 4 is 5.97 Å². The molecule has 0 aromatic heterocycles. The fraction of sp³-hybridized carbons (Fsp3) is 0.188. The van der Waals surface area contributed by atoms with Gasteiger partial charge in [0.15, 0.2) is 11.6 Å². The Kier molecular flexibility index (Phi) is 4.35. The molecule has 0 aliphatic heterocycles. The quantitative estimate of drug-likeness (QED) is 0.800. The van der Waals surface area contributed by atoms with Gasteiger partial charge in [-0.2, -0.15) is 0 Å². The second kappa shape index (κ2) is 6.19. The van der Waals surface area contributed by atoms with Crippen LogP contribution < -0.4 is 4.74 Å². The van der Waals surface area contributed by atoms with Crippen LogP contribution in [0.15, 0.2) is 42.5 Å². The van der Waals surface area contributed by atoms with E-state index < -0.39 is 0 Å². The predicted octanol–water partition coefficient (Wildman–Crippen LogP) is 3.50. The third-order valence-electron chi connectivity index (χ3n) is 2.86. The van der Waals surface area contributed by atoms with Crippen LogP contribution in [-0.4, -0.2) is 13.1 Å². The maximum Gasteiger partial charge on any atom is 0.337 e. The second-order valence-electron chi connectivity index (χ2n) is 4.41. The van der Waals surface area contributed by atoms with E-state index in [2.05, 4.69) is 4.74 Å². The van der Waals surface area contributed by atoms with Crippen molar-refractivity contribution < 1.29 is 18.7 Å². The van der Waals surface area contributed by atoms with Gasteiger partial charge in [0.25, 0.3) is 0 Å². The average molecular weight is 274 g/mol. The monoisotopic (exact) mass is 274 g/mol. The highest BCUT2D eigenvalue weighted by molar-refractivity contribution is 5.89. The summed E-state index contributed by atoms with van der Waals surface area (Å²) in [5.74, 6) is -0.550. The number of hydrogen-bond acceptors (Lipinski definition) is 3. The number of benzene rings is 2. The molecule has 0 unspecified atom stereocenters. The van der Waals surface area contributed by atoms with Crippen molar-refractivity contribution in [1.29, 1.82) is 0 Å². The van der Waals surface area contributed by atoms with Crippen molar-refractivity contribution in [2.45, 2.75) is 13.5 Å². The highest BCUT2D eigenvalue weighted by Gasteiger charge is 2.06. The lowest BCUT2D eigenvalue weighted by Crippen LogP contribution is -2.02. The van der Waals surface area contributed by atoms with Crippen molar-refractivity contribution in [3.63, 3.8) is 0 Å². The number of rotatable bonds is 4. The lowest BCUT2D eigenvalue weighted by Gasteiger charge is -2.08. The zero-order valence-corrected chi connectivity index (χ0v) is 11.4. The molecular weight excluding hydrogens is 259 g/mol. The van der Waals surface area contributed by atoms with Gasteiger partial charge in [0.05, 0.1) is 12.7 Å². The fourth-order valence-electron chi connectivity index (χ4n) is 1.74. The molecule has 2 aromatic rings. The minimum Gasteiger partial charge on any atom is -0.486 e. The van der Waals surface area contributed by atoms with E-state index in [4.69, 9.17) is 4.74 Å². The van der Waals surface area contributed by atoms with Crippen molar-refractivity contribution in [2.24, 2.45) is 0 Å². The van der Waals surface area contributed by atoms with Gasteiger partial charge < -0.3 is 9.47 Å². The molecule has 0 heterocycles. The number of halogens is 1. The minimum atomic E-state index is -0.387. The smallest absolute Gasteiger partial charge is 0.337 e. The van der Waals surface area contributed by atoms with Crippen LogP contribution in [0.1, 0.15) is 21.5 Å². The molecule has 0 saturated carbocycles. The number of carbonyl (C=O) groups excluding carboxylic acids is 1. The molecular formula is C16H15FO3. The zero-order valence-electron chi connectivity index (χ0n) is 11.4. The van der Waals surface area contributed by atoms with Crippen LogP contribution in [0.5, 0.6) is 5.75 Å². The molecule has 0 saturated heterocycles. The first-order chi connectivity index (χ1) is 9.60. The molecule has 0 atom stereocenters. The number of methoxy groups -OCH3 is 1. The molecule has 0 radical (unpaired) electrons. The summed E-state index contributed by atoms with van der Waals surface area (Å²) in [6.07, 6.45) is 0. The molecule has 0 aliphatic rings. The van der Waals surface area contributed by atoms with Gasteiger partial charge in [-0.15, -0.1) is 0 Å². The molecule has 0 aliphatic carbocycles. The molecule has 4 heteroatoms. The molecule has 104 valence electrons. The van der Waals surface area contributed by atoms with Gasteiger partial charge >= 0.3 is 5.97 Å². The van der Waals surface area contributed by atoms with Crippen LogP contribution >= 0.6 is 0 Å². The van der Waals surface area contributed by atoms with Gasteiger partial charge in [0.2, 0.25) is 0 Å². The Morgan fingerprint density at radius 1 is 1.15 bits per heavy atom. The minimum absolute atomic E-state index is 0.224. The first kappa shape index (κ1) is 14.1. The van der Waals surface area contributed by atoms with Crippen molar-refractivity contribution in [3.8, 4) is 5.75 Å². The van der Waals surface area contributed by atoms with Crippen LogP contribution in [0, 0.1) is 12.7 Å². The molecule has 0 bridgehead atoms. The zero-order chi connectivity index (χ0) is 14.5. The van der Waals surface area contributed by atoms with Crippen molar-refractivity contribution in [1.82, 2.24) is 0 Å². The Bertz CT molecular complexity index is 606. The maximum atomic E-state index is 13.5. The predicted molar refractivity (Wildman–Crippen MR) is 73.3 cm³/mol. The van der Waals surface area contributed by atoms with Gasteiger partial charge in [0.1, 0.15) is 6.61 Å². The highest BCUT2D eigenvalue weighted by atomic mass is 19.1. The summed E-state index contributed by atoms with van der Waals surface area (Å²) in [6, 6.07) is 11.5. The molecule has 0 fully saturated rings. The second-order valence-corrected chi connectivity index (χ2v) is 4.41. The molecule has 0 spiro atoms. The summed E-state index contributed by atoms with van der Waals surface area (Å²) in [6.45, 7) is 2.11. The number of carbonyl (C=O) groups is 1. The topological polar surface area (TPSA) is 35.5 Å². The summed E-state index contributed by atoms with van der Waals surface area (Å²) in [5.41, 5.74) is 2.25. The molecule has 2 rings (SSSR count). The Labute approximate surface area is 117 Å². The normalized spacial score (nSPS) is 10.2. The summed E-state index contributed by atoms with van der Waals surface area (Å²) in [5, 5.41) is 0. The summed E-state index contributed by atoms with van der Waals surface area (Å²) in [7, 11) is 1.33. The van der Waals surface area contributed by atoms with E-state index in [9.17, 15) is 9.18 Å². The van der Waals surface area contributed by atoms with Gasteiger partial charge in [0, 0.05) is 0 Å². The van der Waals surface area contributed by atoms with Gasteiger partial charge in [-0.3, -0.25) is 0 Å². The first-order valence-electron chi connectivity index (χ1n) is 6.16. The van der Waals surface area contributed by atoms with E-state index in [-0.39, 0.29) is 24.1 Å². The number of esters is 1. The fourth-order valence-corrected chi connectivity index (χ4v) is 1.74. The van der Waals surface area contributed by atoms with Crippen molar-refractivity contribution in [2.75, 3.05) is 7.11 Å². The number of aryl methyl sites for hydroxylation is 1. The Hall–Kier alpha value is -2.36. The summed E-state index contributed by atoms with van der Waals surface area (Å²) in [4.78, 5) is 11.3. The first-order valence-corrected chi connectivity index (χ1v) is 6.16. The molecule has 2 aromatic carbocycles. The Balaban J connectivity index is 2.04. The van der Waals surface area contributed by atoms with E-state index in [1.54, 1.807) is 36.4 Å². The van der Waals surface area contributed by atoms with E-state index >= 15 is 0 Å². The van der Waals surface area contributed by atoms with Crippen LogP contribution in [0.4, 0.5) is 4.39 Å². The van der Waals surface area contributed by atoms with E-state index in [1.165, 1.54) is 13.2 Å². The Morgan fingerprint density at radius 3 is 2.50 bits per heavy atom. The Morgan fingerprint density at radius 2 is 1.85 bits per heavy atom. The molecule has 3 nitrogen and oxygen atoms in total. The van der Waals surface area contributed by atoms with E-state index in [0.29, 0.717) is 5.56 Å². The highest BCUT2D eigenvalue weighted by Crippen LogP contribution is 2.19. The van der Waals surface area contributed by atoms with Gasteiger partial charge in [-0.05, 0) is 42.3 Å². The van der Waals surface area contributed by atoms with Gasteiger partial charge in [-0.1, -0.05) is 18.2 Å². The molecule has 0 N–H and O–H groups in total. The summed E-state index contributed by atoms with van der Waals surface area (Å²) < 4.78 is 23.6. The van der Waals surface area contributed by atoms with Crippen LogP contribution in [-0.2, 0) is 11.3 Å². The SMILES string of the molecule is COC(=O)c1ccc(COc2cc(C)ccc2F)cc1. The molecule has 20 heavy (non-hydrogen) atoms. The standard InChI is InChI=1S/C16H15FO3/c1-11-3-8-14(17)15(9-11)20-10-12-4-6-13(7-5-12)16(18)19-2/h3-9H,10H2,1-2H3. The lowest BCUT2D eigenvalue weighted by atomic mass is 10.1. The maximum absolute atomic E-state index is 13.5. The number of ether oxygens (including phenoxy) is 2. The van der Waals surface area contributed by atoms with Crippen LogP contribution in [0.3, 0.4) is 0 Å². The summed E-state index contributed by atoms with van der Waals surface area (Å²) >= 11 is 0. The lowest BCUT2D eigenvalue weighted by molar-refractivity contribution is 0.0600. The average Bonchev–Trinajstić information content (AvgIpc) is 2.48. The van der Waals surface area contributed by atoms with Crippen LogP contribution in [0.25, 0.3) is 0 Å². The number of hydrogen-bond donors (Lipinski definition) is 0. The van der Waals surface area contributed by atoms with E-state index in [1.807, 2.05) is 6.92 Å². The largest absolute Gasteiger partial charge is 0.486 e.